The van der Waals surface area contributed by atoms with E-state index >= 15 is 0 Å². The Hall–Kier alpha value is -1.31. The Labute approximate surface area is 109 Å². The second-order valence-electron chi connectivity index (χ2n) is 5.16. The van der Waals surface area contributed by atoms with E-state index in [0.717, 1.165) is 25.7 Å². The van der Waals surface area contributed by atoms with Gasteiger partial charge in [0, 0.05) is 5.92 Å². The fraction of sp³-hybridized carbons (Fsp3) is 0.562. The minimum Gasteiger partial charge on any atom is -0.462 e. The van der Waals surface area contributed by atoms with Crippen molar-refractivity contribution < 1.29 is 9.53 Å². The molecule has 0 aliphatic carbocycles. The summed E-state index contributed by atoms with van der Waals surface area (Å²) in [7, 11) is 0. The Morgan fingerprint density at radius 3 is 2.72 bits per heavy atom. The van der Waals surface area contributed by atoms with Crippen LogP contribution in [0.25, 0.3) is 0 Å². The van der Waals surface area contributed by atoms with Crippen molar-refractivity contribution >= 4 is 5.97 Å². The molecule has 2 heteroatoms. The van der Waals surface area contributed by atoms with Gasteiger partial charge in [0.25, 0.3) is 0 Å². The number of aryl methyl sites for hydroxylation is 1. The largest absolute Gasteiger partial charge is 0.462 e. The number of carbonyl (C=O) groups is 1. The van der Waals surface area contributed by atoms with Crippen LogP contribution in [0.15, 0.2) is 30.3 Å². The second kappa shape index (κ2) is 6.58. The topological polar surface area (TPSA) is 26.3 Å². The van der Waals surface area contributed by atoms with Gasteiger partial charge in [-0.3, -0.25) is 4.79 Å². The Morgan fingerprint density at radius 1 is 1.22 bits per heavy atom. The number of carbonyl (C=O) groups excluding carboxylic acids is 1. The first-order valence-electron chi connectivity index (χ1n) is 7.03. The summed E-state index contributed by atoms with van der Waals surface area (Å²) in [5.41, 5.74) is 1.35. The maximum absolute atomic E-state index is 11.4. The summed E-state index contributed by atoms with van der Waals surface area (Å²) in [6, 6.07) is 10.5. The van der Waals surface area contributed by atoms with Crippen LogP contribution in [0.4, 0.5) is 0 Å². The molecule has 98 valence electrons. The van der Waals surface area contributed by atoms with E-state index in [-0.39, 0.29) is 12.1 Å². The molecule has 0 saturated carbocycles. The first kappa shape index (κ1) is 13.1. The van der Waals surface area contributed by atoms with Gasteiger partial charge in [-0.05, 0) is 24.8 Å². The van der Waals surface area contributed by atoms with Gasteiger partial charge in [-0.15, -0.1) is 0 Å². The molecule has 1 aliphatic rings. The molecule has 1 aromatic carbocycles. The molecule has 0 N–H and O–H groups in total. The smallest absolute Gasteiger partial charge is 0.306 e. The van der Waals surface area contributed by atoms with Crippen molar-refractivity contribution in [2.45, 2.75) is 51.6 Å². The van der Waals surface area contributed by atoms with E-state index < -0.39 is 0 Å². The molecule has 1 saturated heterocycles. The van der Waals surface area contributed by atoms with Crippen LogP contribution in [-0.2, 0) is 16.0 Å². The summed E-state index contributed by atoms with van der Waals surface area (Å²) in [4.78, 5) is 11.4. The highest BCUT2D eigenvalue weighted by Crippen LogP contribution is 2.29. The maximum atomic E-state index is 11.4. The molecule has 0 aromatic heterocycles. The van der Waals surface area contributed by atoms with Crippen LogP contribution in [0, 0.1) is 5.92 Å². The fourth-order valence-corrected chi connectivity index (χ4v) is 2.64. The molecule has 2 nitrogen and oxygen atoms in total. The van der Waals surface area contributed by atoms with Crippen LogP contribution in [-0.4, -0.2) is 12.1 Å². The zero-order valence-electron chi connectivity index (χ0n) is 11.1. The standard InChI is InChI=1S/C16H22O2/c1-2-3-9-15-14(12-16(17)18-15)11-10-13-7-5-4-6-8-13/h4-8,14-15H,2-3,9-12H2,1H3/t14-,15+/m1/s1. The van der Waals surface area contributed by atoms with Crippen molar-refractivity contribution in [1.82, 2.24) is 0 Å². The Balaban J connectivity index is 1.85. The average Bonchev–Trinajstić information content (AvgIpc) is 2.75. The summed E-state index contributed by atoms with van der Waals surface area (Å²) < 4.78 is 5.43. The molecule has 1 heterocycles. The van der Waals surface area contributed by atoms with Gasteiger partial charge in [-0.25, -0.2) is 0 Å². The lowest BCUT2D eigenvalue weighted by Crippen LogP contribution is -2.16. The van der Waals surface area contributed by atoms with Crippen LogP contribution >= 0.6 is 0 Å². The Bertz CT molecular complexity index is 372. The third kappa shape index (κ3) is 3.59. The molecule has 2 atom stereocenters. The SMILES string of the molecule is CCCC[C@@H]1OC(=O)C[C@H]1CCc1ccccc1. The summed E-state index contributed by atoms with van der Waals surface area (Å²) in [6.07, 6.45) is 6.23. The van der Waals surface area contributed by atoms with E-state index in [4.69, 9.17) is 4.74 Å². The molecule has 2 rings (SSSR count). The third-order valence-electron chi connectivity index (χ3n) is 3.73. The van der Waals surface area contributed by atoms with E-state index in [1.807, 2.05) is 6.07 Å². The molecular formula is C16H22O2. The van der Waals surface area contributed by atoms with Gasteiger partial charge in [0.15, 0.2) is 0 Å². The van der Waals surface area contributed by atoms with Crippen molar-refractivity contribution in [2.24, 2.45) is 5.92 Å². The van der Waals surface area contributed by atoms with Gasteiger partial charge in [0.1, 0.15) is 6.10 Å². The van der Waals surface area contributed by atoms with Crippen LogP contribution in [0.5, 0.6) is 0 Å². The minimum atomic E-state index is -0.00540. The van der Waals surface area contributed by atoms with E-state index in [1.54, 1.807) is 0 Å². The first-order valence-corrected chi connectivity index (χ1v) is 7.03. The van der Waals surface area contributed by atoms with E-state index in [2.05, 4.69) is 31.2 Å². The van der Waals surface area contributed by atoms with Gasteiger partial charge in [0.2, 0.25) is 0 Å². The highest BCUT2D eigenvalue weighted by atomic mass is 16.5. The van der Waals surface area contributed by atoms with Gasteiger partial charge in [-0.2, -0.15) is 0 Å². The summed E-state index contributed by atoms with van der Waals surface area (Å²) in [6.45, 7) is 2.18. The molecule has 1 fully saturated rings. The molecule has 18 heavy (non-hydrogen) atoms. The zero-order valence-corrected chi connectivity index (χ0v) is 11.1. The number of esters is 1. The number of hydrogen-bond donors (Lipinski definition) is 0. The van der Waals surface area contributed by atoms with Crippen molar-refractivity contribution in [3.63, 3.8) is 0 Å². The van der Waals surface area contributed by atoms with Gasteiger partial charge in [0.05, 0.1) is 6.42 Å². The second-order valence-corrected chi connectivity index (χ2v) is 5.16. The number of cyclic esters (lactones) is 1. The van der Waals surface area contributed by atoms with Crippen molar-refractivity contribution in [2.75, 3.05) is 0 Å². The number of ether oxygens (including phenoxy) is 1. The van der Waals surface area contributed by atoms with Gasteiger partial charge >= 0.3 is 5.97 Å². The molecule has 1 aliphatic heterocycles. The normalized spacial score (nSPS) is 23.1. The Morgan fingerprint density at radius 2 is 2.00 bits per heavy atom. The molecule has 0 radical (unpaired) electrons. The summed E-state index contributed by atoms with van der Waals surface area (Å²) >= 11 is 0. The summed E-state index contributed by atoms with van der Waals surface area (Å²) in [5.74, 6) is 0.415. The number of benzene rings is 1. The lowest BCUT2D eigenvalue weighted by Gasteiger charge is -2.17. The highest BCUT2D eigenvalue weighted by molar-refractivity contribution is 5.72. The lowest BCUT2D eigenvalue weighted by atomic mass is 9.91. The highest BCUT2D eigenvalue weighted by Gasteiger charge is 2.33. The predicted octanol–water partition coefficient (Wildman–Crippen LogP) is 3.74. The van der Waals surface area contributed by atoms with Crippen molar-refractivity contribution in [1.29, 1.82) is 0 Å². The quantitative estimate of drug-likeness (QED) is 0.715. The predicted molar refractivity (Wildman–Crippen MR) is 72.3 cm³/mol. The molecule has 0 unspecified atom stereocenters. The van der Waals surface area contributed by atoms with Gasteiger partial charge in [-0.1, -0.05) is 50.1 Å². The fourth-order valence-electron chi connectivity index (χ4n) is 2.64. The van der Waals surface area contributed by atoms with Crippen molar-refractivity contribution in [3.8, 4) is 0 Å². The van der Waals surface area contributed by atoms with Gasteiger partial charge < -0.3 is 4.74 Å². The van der Waals surface area contributed by atoms with Crippen LogP contribution < -0.4 is 0 Å². The van der Waals surface area contributed by atoms with E-state index in [1.165, 1.54) is 12.0 Å². The third-order valence-corrected chi connectivity index (χ3v) is 3.73. The number of hydrogen-bond acceptors (Lipinski definition) is 2. The minimum absolute atomic E-state index is 0.00540. The monoisotopic (exact) mass is 246 g/mol. The summed E-state index contributed by atoms with van der Waals surface area (Å²) in [5, 5.41) is 0. The van der Waals surface area contributed by atoms with Crippen molar-refractivity contribution in [3.05, 3.63) is 35.9 Å². The number of unbranched alkanes of at least 4 members (excludes halogenated alkanes) is 1. The maximum Gasteiger partial charge on any atom is 0.306 e. The Kier molecular flexibility index (Phi) is 4.80. The lowest BCUT2D eigenvalue weighted by molar-refractivity contribution is -0.141. The van der Waals surface area contributed by atoms with E-state index in [0.29, 0.717) is 12.3 Å². The van der Waals surface area contributed by atoms with Crippen LogP contribution in [0.1, 0.15) is 44.6 Å². The van der Waals surface area contributed by atoms with Crippen LogP contribution in [0.3, 0.4) is 0 Å². The molecular weight excluding hydrogens is 224 g/mol. The zero-order chi connectivity index (χ0) is 12.8. The van der Waals surface area contributed by atoms with Crippen LogP contribution in [0.2, 0.25) is 0 Å². The molecule has 0 amide bonds. The van der Waals surface area contributed by atoms with E-state index in [9.17, 15) is 4.79 Å². The average molecular weight is 246 g/mol. The number of rotatable bonds is 6. The first-order chi connectivity index (χ1) is 8.79. The molecule has 1 aromatic rings. The molecule has 0 bridgehead atoms. The molecule has 0 spiro atoms.